The molecule has 0 spiro atoms. The summed E-state index contributed by atoms with van der Waals surface area (Å²) in [6.07, 6.45) is 43.2. The first-order valence-corrected chi connectivity index (χ1v) is 22.7. The molecule has 0 heterocycles. The lowest BCUT2D eigenvalue weighted by molar-refractivity contribution is -0.161. The molecule has 55 heavy (non-hydrogen) atoms. The van der Waals surface area contributed by atoms with Gasteiger partial charge in [-0.05, 0) is 83.5 Å². The van der Waals surface area contributed by atoms with Crippen LogP contribution in [0.5, 0.6) is 0 Å². The number of aliphatic hydroxyl groups is 2. The summed E-state index contributed by atoms with van der Waals surface area (Å²) in [5.74, 6) is -0.970. The topological polar surface area (TPSA) is 149 Å². The van der Waals surface area contributed by atoms with Gasteiger partial charge in [0.25, 0.3) is 0 Å². The maximum Gasteiger partial charge on any atom is 0.472 e. The van der Waals surface area contributed by atoms with Gasteiger partial charge < -0.3 is 24.6 Å². The van der Waals surface area contributed by atoms with E-state index in [0.717, 1.165) is 89.9 Å². The molecule has 3 N–H and O–H groups in total. The van der Waals surface area contributed by atoms with Crippen LogP contribution in [0.1, 0.15) is 168 Å². The number of esters is 2. The molecule has 0 aromatic carbocycles. The normalized spacial score (nSPS) is 14.5. The van der Waals surface area contributed by atoms with Crippen molar-refractivity contribution in [2.24, 2.45) is 0 Å². The number of ether oxygens (including phenoxy) is 2. The summed E-state index contributed by atoms with van der Waals surface area (Å²) in [6, 6.07) is 0. The van der Waals surface area contributed by atoms with Crippen molar-refractivity contribution in [3.8, 4) is 0 Å². The molecule has 0 amide bonds. The SMILES string of the molecule is CCCCCC=CCC=CCC=CCCCCCCC(=O)OC(COC(=O)CCCCCCCC=CCC=CCCCCC)COP(=O)(O)OCC(O)CO. The number of unbranched alkanes of at least 4 members (excludes halogenated alkanes) is 15. The van der Waals surface area contributed by atoms with Gasteiger partial charge in [-0.2, -0.15) is 0 Å². The third-order valence-corrected chi connectivity index (χ3v) is 9.60. The van der Waals surface area contributed by atoms with E-state index in [-0.39, 0.29) is 19.4 Å². The van der Waals surface area contributed by atoms with Crippen molar-refractivity contribution < 1.29 is 47.8 Å². The maximum atomic E-state index is 12.6. The number of allylic oxidation sites excluding steroid dienone is 10. The quantitative estimate of drug-likeness (QED) is 0.0237. The zero-order valence-corrected chi connectivity index (χ0v) is 35.3. The Morgan fingerprint density at radius 1 is 0.545 bits per heavy atom. The molecule has 0 saturated carbocycles. The van der Waals surface area contributed by atoms with Gasteiger partial charge in [-0.25, -0.2) is 4.57 Å². The smallest absolute Gasteiger partial charge is 0.462 e. The van der Waals surface area contributed by atoms with E-state index >= 15 is 0 Å². The molecule has 0 aromatic rings. The number of rotatable bonds is 39. The van der Waals surface area contributed by atoms with E-state index in [1.165, 1.54) is 38.5 Å². The number of carbonyl (C=O) groups is 2. The minimum Gasteiger partial charge on any atom is -0.462 e. The summed E-state index contributed by atoms with van der Waals surface area (Å²) < 4.78 is 32.7. The highest BCUT2D eigenvalue weighted by Gasteiger charge is 2.27. The van der Waals surface area contributed by atoms with E-state index in [1.54, 1.807) is 0 Å². The average Bonchev–Trinajstić information content (AvgIpc) is 3.17. The van der Waals surface area contributed by atoms with Gasteiger partial charge in [0.1, 0.15) is 12.7 Å². The van der Waals surface area contributed by atoms with Crippen LogP contribution < -0.4 is 0 Å². The largest absolute Gasteiger partial charge is 0.472 e. The molecule has 10 nitrogen and oxygen atoms in total. The van der Waals surface area contributed by atoms with Gasteiger partial charge >= 0.3 is 19.8 Å². The Kier molecular flexibility index (Phi) is 38.2. The van der Waals surface area contributed by atoms with E-state index in [4.69, 9.17) is 19.1 Å². The third kappa shape index (κ3) is 39.7. The molecule has 0 aliphatic carbocycles. The van der Waals surface area contributed by atoms with Crippen LogP contribution in [0.3, 0.4) is 0 Å². The molecule has 0 aromatic heterocycles. The number of phosphoric ester groups is 1. The van der Waals surface area contributed by atoms with Crippen LogP contribution in [0.25, 0.3) is 0 Å². The number of hydrogen-bond acceptors (Lipinski definition) is 9. The van der Waals surface area contributed by atoms with Crippen molar-refractivity contribution in [1.82, 2.24) is 0 Å². The van der Waals surface area contributed by atoms with Crippen molar-refractivity contribution in [1.29, 1.82) is 0 Å². The fraction of sp³-hybridized carbons (Fsp3) is 0.727. The minimum atomic E-state index is -4.63. The molecule has 3 atom stereocenters. The lowest BCUT2D eigenvalue weighted by atomic mass is 10.1. The van der Waals surface area contributed by atoms with Gasteiger partial charge in [-0.1, -0.05) is 132 Å². The first kappa shape index (κ1) is 52.7. The summed E-state index contributed by atoms with van der Waals surface area (Å²) in [4.78, 5) is 35.0. The number of aliphatic hydroxyl groups excluding tert-OH is 2. The van der Waals surface area contributed by atoms with Gasteiger partial charge in [-0.15, -0.1) is 0 Å². The van der Waals surface area contributed by atoms with Gasteiger partial charge in [0, 0.05) is 12.8 Å². The first-order chi connectivity index (χ1) is 26.7. The van der Waals surface area contributed by atoms with Crippen molar-refractivity contribution in [2.45, 2.75) is 180 Å². The Bertz CT molecular complexity index is 1100. The van der Waals surface area contributed by atoms with E-state index in [1.807, 2.05) is 0 Å². The van der Waals surface area contributed by atoms with E-state index in [9.17, 15) is 24.2 Å². The second-order valence-electron chi connectivity index (χ2n) is 14.0. The molecule has 0 aliphatic heterocycles. The molecule has 0 rings (SSSR count). The highest BCUT2D eigenvalue weighted by molar-refractivity contribution is 7.47. The van der Waals surface area contributed by atoms with Crippen LogP contribution in [0.4, 0.5) is 0 Å². The predicted octanol–water partition coefficient (Wildman–Crippen LogP) is 11.1. The first-order valence-electron chi connectivity index (χ1n) is 21.2. The van der Waals surface area contributed by atoms with Crippen LogP contribution in [0.15, 0.2) is 60.8 Å². The van der Waals surface area contributed by atoms with Crippen molar-refractivity contribution in [3.63, 3.8) is 0 Å². The molecule has 0 bridgehead atoms. The fourth-order valence-corrected chi connectivity index (χ4v) is 6.11. The summed E-state index contributed by atoms with van der Waals surface area (Å²) in [6.45, 7) is 2.27. The summed E-state index contributed by atoms with van der Waals surface area (Å²) in [7, 11) is -4.63. The number of phosphoric acid groups is 1. The zero-order chi connectivity index (χ0) is 40.5. The van der Waals surface area contributed by atoms with Crippen molar-refractivity contribution in [2.75, 3.05) is 26.4 Å². The molecule has 11 heteroatoms. The van der Waals surface area contributed by atoms with Crippen LogP contribution in [0.2, 0.25) is 0 Å². The molecule has 3 unspecified atom stereocenters. The number of hydrogen-bond donors (Lipinski definition) is 3. The van der Waals surface area contributed by atoms with Gasteiger partial charge in [-0.3, -0.25) is 18.6 Å². The van der Waals surface area contributed by atoms with Crippen LogP contribution in [-0.2, 0) is 32.7 Å². The Labute approximate surface area is 334 Å². The van der Waals surface area contributed by atoms with E-state index < -0.39 is 51.8 Å². The third-order valence-electron chi connectivity index (χ3n) is 8.64. The summed E-state index contributed by atoms with van der Waals surface area (Å²) in [5.41, 5.74) is 0. The second-order valence-corrected chi connectivity index (χ2v) is 15.5. The van der Waals surface area contributed by atoms with Crippen LogP contribution >= 0.6 is 7.82 Å². The fourth-order valence-electron chi connectivity index (χ4n) is 5.32. The second kappa shape index (κ2) is 39.9. The predicted molar refractivity (Wildman–Crippen MR) is 224 cm³/mol. The monoisotopic (exact) mass is 797 g/mol. The minimum absolute atomic E-state index is 0.153. The summed E-state index contributed by atoms with van der Waals surface area (Å²) >= 11 is 0. The van der Waals surface area contributed by atoms with Crippen LogP contribution in [-0.4, -0.2) is 65.7 Å². The standard InChI is InChI=1S/C44H77O10P/c1-3-5-7-9-11-13-15-17-19-20-22-24-26-28-30-32-34-36-44(48)54-42(40-53-55(49,50)52-38-41(46)37-45)39-51-43(47)35-33-31-29-27-25-23-21-18-16-14-12-10-8-6-4-2/h11-14,17-19,21-22,24,41-42,45-46H,3-10,15-16,20,23,25-40H2,1-2H3,(H,49,50). The summed E-state index contributed by atoms with van der Waals surface area (Å²) in [5, 5.41) is 18.3. The van der Waals surface area contributed by atoms with E-state index in [2.05, 4.69) is 79.1 Å². The molecule has 0 fully saturated rings. The average molecular weight is 797 g/mol. The Balaban J connectivity index is 4.39. The van der Waals surface area contributed by atoms with Gasteiger partial charge in [0.05, 0.1) is 19.8 Å². The molecule has 318 valence electrons. The molecule has 0 radical (unpaired) electrons. The van der Waals surface area contributed by atoms with Crippen molar-refractivity contribution in [3.05, 3.63) is 60.8 Å². The number of carbonyl (C=O) groups excluding carboxylic acids is 2. The lowest BCUT2D eigenvalue weighted by Crippen LogP contribution is -2.29. The molecular formula is C44H77O10P. The highest BCUT2D eigenvalue weighted by Crippen LogP contribution is 2.43. The molecule has 0 aliphatic rings. The highest BCUT2D eigenvalue weighted by atomic mass is 31.2. The maximum absolute atomic E-state index is 12.6. The lowest BCUT2D eigenvalue weighted by Gasteiger charge is -2.20. The van der Waals surface area contributed by atoms with Gasteiger partial charge in [0.15, 0.2) is 6.10 Å². The molecule has 0 saturated heterocycles. The Morgan fingerprint density at radius 3 is 1.42 bits per heavy atom. The van der Waals surface area contributed by atoms with Crippen LogP contribution in [0, 0.1) is 0 Å². The molecular weight excluding hydrogens is 719 g/mol. The Hall–Kier alpha value is -2.33. The zero-order valence-electron chi connectivity index (χ0n) is 34.4. The Morgan fingerprint density at radius 2 is 0.945 bits per heavy atom. The van der Waals surface area contributed by atoms with Crippen molar-refractivity contribution >= 4 is 19.8 Å². The van der Waals surface area contributed by atoms with E-state index in [0.29, 0.717) is 12.8 Å². The van der Waals surface area contributed by atoms with Gasteiger partial charge in [0.2, 0.25) is 0 Å².